The topological polar surface area (TPSA) is 218 Å². The Labute approximate surface area is 335 Å². The largest absolute Gasteiger partial charge is 0.507 e. The summed E-state index contributed by atoms with van der Waals surface area (Å²) in [4.78, 5) is 60.7. The molecule has 2 fully saturated rings. The maximum absolute atomic E-state index is 13.2. The summed E-state index contributed by atoms with van der Waals surface area (Å²) >= 11 is 0. The average Bonchev–Trinajstić information content (AvgIpc) is 3.22. The van der Waals surface area contributed by atoms with E-state index in [1.54, 1.807) is 84.6 Å². The van der Waals surface area contributed by atoms with Crippen molar-refractivity contribution in [3.63, 3.8) is 0 Å². The number of phenolic OH excluding ortho intramolecular Hbond substituents is 2. The number of aliphatic hydroxyl groups excluding tert-OH is 2. The van der Waals surface area contributed by atoms with Gasteiger partial charge in [-0.15, -0.1) is 0 Å². The number of ether oxygens (including phenoxy) is 4. The van der Waals surface area contributed by atoms with E-state index in [4.69, 9.17) is 18.9 Å². The summed E-state index contributed by atoms with van der Waals surface area (Å²) in [6.07, 6.45) is 3.57. The second-order valence-electron chi connectivity index (χ2n) is 13.8. The molecule has 0 bridgehead atoms. The molecule has 2 aromatic carbocycles. The van der Waals surface area contributed by atoms with Crippen molar-refractivity contribution in [2.75, 3.05) is 52.7 Å². The molecule has 16 heteroatoms. The molecule has 0 unspecified atom stereocenters. The summed E-state index contributed by atoms with van der Waals surface area (Å²) < 4.78 is 22.5. The lowest BCUT2D eigenvalue weighted by molar-refractivity contribution is -0.0152. The zero-order chi connectivity index (χ0) is 41.6. The number of nitrogens with zero attached hydrogens (tertiary/aromatic N) is 4. The molecule has 4 atom stereocenters. The van der Waals surface area contributed by atoms with E-state index in [1.165, 1.54) is 12.1 Å². The summed E-state index contributed by atoms with van der Waals surface area (Å²) in [6.45, 7) is 5.64. The first-order valence-corrected chi connectivity index (χ1v) is 18.8. The van der Waals surface area contributed by atoms with Gasteiger partial charge in [0.2, 0.25) is 0 Å². The van der Waals surface area contributed by atoms with Gasteiger partial charge in [0.25, 0.3) is 11.8 Å². The molecular formula is C42H48N4O12. The van der Waals surface area contributed by atoms with Crippen LogP contribution in [0.15, 0.2) is 73.1 Å². The normalized spacial score (nSPS) is 17.6. The van der Waals surface area contributed by atoms with Gasteiger partial charge in [0.15, 0.2) is 12.6 Å². The van der Waals surface area contributed by atoms with Gasteiger partial charge in [-0.25, -0.2) is 0 Å². The van der Waals surface area contributed by atoms with Crippen molar-refractivity contribution >= 4 is 24.4 Å². The van der Waals surface area contributed by atoms with Crippen molar-refractivity contribution in [1.29, 1.82) is 0 Å². The number of aromatic hydroxyl groups is 2. The van der Waals surface area contributed by atoms with Crippen molar-refractivity contribution in [2.24, 2.45) is 0 Å². The van der Waals surface area contributed by atoms with E-state index in [1.807, 2.05) is 0 Å². The molecule has 4 heterocycles. The van der Waals surface area contributed by atoms with Crippen LogP contribution in [0.3, 0.4) is 0 Å². The molecule has 0 saturated carbocycles. The number of rotatable bonds is 14. The fraction of sp³-hybridized carbons (Fsp3) is 0.381. The summed E-state index contributed by atoms with van der Waals surface area (Å²) in [5, 5.41) is 39.0. The van der Waals surface area contributed by atoms with Crippen LogP contribution in [0.4, 0.5) is 0 Å². The van der Waals surface area contributed by atoms with E-state index < -0.39 is 12.2 Å². The Bertz CT molecular complexity index is 1880. The van der Waals surface area contributed by atoms with Gasteiger partial charge in [0.1, 0.15) is 36.2 Å². The van der Waals surface area contributed by atoms with Gasteiger partial charge >= 0.3 is 0 Å². The Morgan fingerprint density at radius 2 is 1.12 bits per heavy atom. The zero-order valence-corrected chi connectivity index (χ0v) is 32.3. The molecule has 0 spiro atoms. The number of morpholine rings is 2. The van der Waals surface area contributed by atoms with Crippen LogP contribution in [0, 0.1) is 0 Å². The van der Waals surface area contributed by atoms with Crippen molar-refractivity contribution < 1.29 is 58.6 Å². The van der Waals surface area contributed by atoms with Gasteiger partial charge in [0, 0.05) is 38.3 Å². The first kappa shape index (κ1) is 43.2. The molecule has 2 aliphatic rings. The number of carbonyl (C=O) groups is 4. The highest BCUT2D eigenvalue weighted by atomic mass is 16.5. The van der Waals surface area contributed by atoms with E-state index >= 15 is 0 Å². The third-order valence-electron chi connectivity index (χ3n) is 9.38. The summed E-state index contributed by atoms with van der Waals surface area (Å²) in [6, 6.07) is 15.1. The van der Waals surface area contributed by atoms with Crippen LogP contribution in [0.2, 0.25) is 0 Å². The molecule has 0 aliphatic carbocycles. The molecule has 2 aliphatic heterocycles. The summed E-state index contributed by atoms with van der Waals surface area (Å²) in [5.41, 5.74) is 2.07. The Balaban J connectivity index is 0.000000221. The molecule has 2 amide bonds. The van der Waals surface area contributed by atoms with E-state index in [9.17, 15) is 39.6 Å². The Morgan fingerprint density at radius 1 is 0.707 bits per heavy atom. The van der Waals surface area contributed by atoms with Crippen LogP contribution in [0.5, 0.6) is 23.0 Å². The minimum absolute atomic E-state index is 0.0635. The first-order valence-electron chi connectivity index (χ1n) is 18.8. The van der Waals surface area contributed by atoms with Crippen molar-refractivity contribution in [1.82, 2.24) is 19.8 Å². The third-order valence-corrected chi connectivity index (χ3v) is 9.38. The fourth-order valence-corrected chi connectivity index (χ4v) is 6.51. The molecule has 16 nitrogen and oxygen atoms in total. The van der Waals surface area contributed by atoms with Crippen molar-refractivity contribution in [2.45, 2.75) is 51.0 Å². The number of hydrogen-bond donors (Lipinski definition) is 4. The lowest BCUT2D eigenvalue weighted by atomic mass is 10.1. The third kappa shape index (κ3) is 11.1. The van der Waals surface area contributed by atoms with E-state index in [-0.39, 0.29) is 97.3 Å². The highest BCUT2D eigenvalue weighted by Gasteiger charge is 2.32. The smallest absolute Gasteiger partial charge is 0.256 e. The Kier molecular flexibility index (Phi) is 15.6. The molecule has 308 valence electrons. The van der Waals surface area contributed by atoms with E-state index in [0.717, 1.165) is 0 Å². The monoisotopic (exact) mass is 800 g/mol. The molecule has 2 aromatic heterocycles. The van der Waals surface area contributed by atoms with Crippen LogP contribution in [-0.4, -0.2) is 142 Å². The number of pyridine rings is 2. The maximum Gasteiger partial charge on any atom is 0.256 e. The standard InChI is InChI=1S/2C21H24N2O6/c2*1-14(25)10-18-16(4-3-7-22-18)21(27)23-8-9-28-12-15(23)13-29-20-6-2-5-19(26)17(20)11-24/h2*2-7,11,14-15,25-26H,8-10,12-13H2,1H3/t14-,15+;14-,15-/m10/s1. The maximum atomic E-state index is 13.2. The first-order chi connectivity index (χ1) is 28.0. The van der Waals surface area contributed by atoms with Crippen LogP contribution < -0.4 is 9.47 Å². The number of phenols is 2. The second kappa shape index (κ2) is 21.0. The highest BCUT2D eigenvalue weighted by molar-refractivity contribution is 5.96. The number of benzene rings is 2. The predicted octanol–water partition coefficient (Wildman–Crippen LogP) is 2.89. The minimum atomic E-state index is -0.618. The number of aliphatic hydroxyl groups is 2. The van der Waals surface area contributed by atoms with Gasteiger partial charge in [-0.2, -0.15) is 0 Å². The zero-order valence-electron chi connectivity index (χ0n) is 32.3. The number of amides is 2. The van der Waals surface area contributed by atoms with Gasteiger partial charge < -0.3 is 49.2 Å². The van der Waals surface area contributed by atoms with Crippen molar-refractivity contribution in [3.05, 3.63) is 107 Å². The molecular weight excluding hydrogens is 752 g/mol. The second-order valence-corrected chi connectivity index (χ2v) is 13.8. The quantitative estimate of drug-likeness (QED) is 0.135. The summed E-state index contributed by atoms with van der Waals surface area (Å²) in [5.74, 6) is -0.260. The molecule has 4 aromatic rings. The molecule has 4 N–H and O–H groups in total. The number of carbonyl (C=O) groups excluding carboxylic acids is 4. The van der Waals surface area contributed by atoms with E-state index in [2.05, 4.69) is 9.97 Å². The van der Waals surface area contributed by atoms with Gasteiger partial charge in [-0.1, -0.05) is 12.1 Å². The molecule has 6 rings (SSSR count). The van der Waals surface area contributed by atoms with Gasteiger partial charge in [0.05, 0.1) is 84.4 Å². The lowest BCUT2D eigenvalue weighted by Crippen LogP contribution is -2.51. The van der Waals surface area contributed by atoms with Crippen LogP contribution in [-0.2, 0) is 22.3 Å². The number of hydrogen-bond acceptors (Lipinski definition) is 14. The SMILES string of the molecule is C[C@@H](O)Cc1ncccc1C(=O)N1CCOC[C@H]1COc1cccc(O)c1C=O.C[C@H](O)Cc1ncccc1C(=O)N1CCOC[C@H]1COc1cccc(O)c1C=O. The van der Waals surface area contributed by atoms with Crippen LogP contribution in [0.25, 0.3) is 0 Å². The Hall–Kier alpha value is -5.94. The molecule has 58 heavy (non-hydrogen) atoms. The van der Waals surface area contributed by atoms with Crippen molar-refractivity contribution in [3.8, 4) is 23.0 Å². The Morgan fingerprint density at radius 3 is 1.50 bits per heavy atom. The highest BCUT2D eigenvalue weighted by Crippen LogP contribution is 2.28. The summed E-state index contributed by atoms with van der Waals surface area (Å²) in [7, 11) is 0. The minimum Gasteiger partial charge on any atom is -0.507 e. The lowest BCUT2D eigenvalue weighted by Gasteiger charge is -2.35. The van der Waals surface area contributed by atoms with Gasteiger partial charge in [-0.3, -0.25) is 29.1 Å². The van der Waals surface area contributed by atoms with E-state index in [0.29, 0.717) is 61.4 Å². The number of aldehydes is 2. The fourth-order valence-electron chi connectivity index (χ4n) is 6.51. The van der Waals surface area contributed by atoms with Crippen LogP contribution in [0.1, 0.15) is 66.7 Å². The van der Waals surface area contributed by atoms with Gasteiger partial charge in [-0.05, 0) is 62.4 Å². The molecule has 2 saturated heterocycles. The van der Waals surface area contributed by atoms with Crippen LogP contribution >= 0.6 is 0 Å². The molecule has 0 radical (unpaired) electrons. The number of aromatic nitrogens is 2. The average molecular weight is 801 g/mol. The predicted molar refractivity (Wildman–Crippen MR) is 209 cm³/mol.